The van der Waals surface area contributed by atoms with Crippen molar-refractivity contribution in [3.05, 3.63) is 120 Å². The average molecular weight is 451 g/mol. The molecular formula is C30H30N2O2. The number of aliphatic hydroxyl groups excluding tert-OH is 1. The molecule has 0 unspecified atom stereocenters. The number of hydrogen-bond donors (Lipinski definition) is 3. The molecule has 0 saturated carbocycles. The van der Waals surface area contributed by atoms with E-state index in [2.05, 4.69) is 53.1 Å². The highest BCUT2D eigenvalue weighted by atomic mass is 16.3. The van der Waals surface area contributed by atoms with Crippen LogP contribution in [0, 0.1) is 11.8 Å². The molecule has 1 heterocycles. The predicted molar refractivity (Wildman–Crippen MR) is 136 cm³/mol. The van der Waals surface area contributed by atoms with Gasteiger partial charge in [0, 0.05) is 31.2 Å². The average Bonchev–Trinajstić information content (AvgIpc) is 3.26. The first-order chi connectivity index (χ1) is 16.7. The largest absolute Gasteiger partial charge is 0.396 e. The molecule has 0 aromatic heterocycles. The topological polar surface area (TPSA) is 61.4 Å². The Kier molecular flexibility index (Phi) is 6.70. The zero-order valence-electron chi connectivity index (χ0n) is 19.1. The highest BCUT2D eigenvalue weighted by molar-refractivity contribution is 5.84. The van der Waals surface area contributed by atoms with Crippen LogP contribution in [0.15, 0.2) is 103 Å². The van der Waals surface area contributed by atoms with Gasteiger partial charge in [-0.15, -0.1) is 0 Å². The Labute approximate surface area is 200 Å². The van der Waals surface area contributed by atoms with Gasteiger partial charge in [0.05, 0.1) is 5.92 Å². The normalized spacial score (nSPS) is 22.0. The zero-order valence-corrected chi connectivity index (χ0v) is 19.1. The lowest BCUT2D eigenvalue weighted by Gasteiger charge is -2.24. The predicted octanol–water partition coefficient (Wildman–Crippen LogP) is 4.64. The molecule has 5 rings (SSSR count). The van der Waals surface area contributed by atoms with Crippen molar-refractivity contribution in [3.63, 3.8) is 0 Å². The maximum atomic E-state index is 13.6. The van der Waals surface area contributed by atoms with Gasteiger partial charge in [-0.05, 0) is 39.9 Å². The highest BCUT2D eigenvalue weighted by Crippen LogP contribution is 2.39. The third kappa shape index (κ3) is 4.74. The number of carbonyl (C=O) groups excluding carboxylic acids is 1. The van der Waals surface area contributed by atoms with E-state index < -0.39 is 0 Å². The van der Waals surface area contributed by atoms with Crippen LogP contribution >= 0.6 is 0 Å². The first-order valence-corrected chi connectivity index (χ1v) is 11.9. The molecule has 1 aliphatic rings. The molecule has 1 aliphatic heterocycles. The second kappa shape index (κ2) is 10.2. The summed E-state index contributed by atoms with van der Waals surface area (Å²) in [4.78, 5) is 13.6. The van der Waals surface area contributed by atoms with Crippen LogP contribution in [-0.2, 0) is 17.8 Å². The summed E-state index contributed by atoms with van der Waals surface area (Å²) >= 11 is 0. The molecule has 3 N–H and O–H groups in total. The first-order valence-electron chi connectivity index (χ1n) is 11.9. The van der Waals surface area contributed by atoms with Gasteiger partial charge in [0.15, 0.2) is 0 Å². The van der Waals surface area contributed by atoms with Crippen molar-refractivity contribution in [1.29, 1.82) is 0 Å². The van der Waals surface area contributed by atoms with Gasteiger partial charge in [-0.3, -0.25) is 4.79 Å². The van der Waals surface area contributed by atoms with Crippen LogP contribution in [0.2, 0.25) is 0 Å². The van der Waals surface area contributed by atoms with Crippen molar-refractivity contribution < 1.29 is 9.90 Å². The van der Waals surface area contributed by atoms with Crippen LogP contribution in [0.1, 0.15) is 22.7 Å². The standard InChI is InChI=1S/C30H30N2O2/c33-20-26-27(17-21-9-3-1-4-10-21)32-29(25-16-15-23-13-7-8-14-24(23)18-25)28(26)30(34)31-19-22-11-5-2-6-12-22/h1-16,18,26-29,32-33H,17,19-20H2,(H,31,34)/t26-,27+,28+,29-/m0/s1. The minimum atomic E-state index is -0.372. The van der Waals surface area contributed by atoms with E-state index in [-0.39, 0.29) is 36.4 Å². The fourth-order valence-electron chi connectivity index (χ4n) is 5.23. The van der Waals surface area contributed by atoms with Gasteiger partial charge in [0.25, 0.3) is 0 Å². The van der Waals surface area contributed by atoms with Crippen molar-refractivity contribution in [2.45, 2.75) is 25.0 Å². The van der Waals surface area contributed by atoms with E-state index >= 15 is 0 Å². The second-order valence-corrected chi connectivity index (χ2v) is 9.12. The van der Waals surface area contributed by atoms with Crippen LogP contribution < -0.4 is 10.6 Å². The number of fused-ring (bicyclic) bond motifs is 1. The fourth-order valence-corrected chi connectivity index (χ4v) is 5.23. The second-order valence-electron chi connectivity index (χ2n) is 9.12. The van der Waals surface area contributed by atoms with Crippen molar-refractivity contribution in [2.75, 3.05) is 6.61 Å². The summed E-state index contributed by atoms with van der Waals surface area (Å²) in [5, 5.41) is 19.6. The van der Waals surface area contributed by atoms with Crippen molar-refractivity contribution in [3.8, 4) is 0 Å². The SMILES string of the molecule is O=C(NCc1ccccc1)[C@@H]1[C@@H](CO)[C@@H](Cc2ccccc2)N[C@H]1c1ccc2ccccc2c1. The lowest BCUT2D eigenvalue weighted by Crippen LogP contribution is -2.38. The van der Waals surface area contributed by atoms with Crippen molar-refractivity contribution in [2.24, 2.45) is 11.8 Å². The molecule has 0 aliphatic carbocycles. The van der Waals surface area contributed by atoms with Gasteiger partial charge >= 0.3 is 0 Å². The molecule has 0 spiro atoms. The van der Waals surface area contributed by atoms with E-state index in [9.17, 15) is 9.90 Å². The van der Waals surface area contributed by atoms with Crippen LogP contribution in [0.4, 0.5) is 0 Å². The molecule has 34 heavy (non-hydrogen) atoms. The van der Waals surface area contributed by atoms with E-state index in [1.165, 1.54) is 10.9 Å². The lowest BCUT2D eigenvalue weighted by molar-refractivity contribution is -0.127. The zero-order chi connectivity index (χ0) is 23.3. The van der Waals surface area contributed by atoms with E-state index in [1.54, 1.807) is 0 Å². The molecule has 1 saturated heterocycles. The molecule has 172 valence electrons. The van der Waals surface area contributed by atoms with E-state index in [0.29, 0.717) is 6.54 Å². The molecule has 4 aromatic rings. The Morgan fingerprint density at radius 2 is 1.44 bits per heavy atom. The Morgan fingerprint density at radius 3 is 2.15 bits per heavy atom. The van der Waals surface area contributed by atoms with Gasteiger partial charge in [-0.1, -0.05) is 97.1 Å². The molecule has 4 heteroatoms. The summed E-state index contributed by atoms with van der Waals surface area (Å²) in [7, 11) is 0. The molecule has 0 bridgehead atoms. The summed E-state index contributed by atoms with van der Waals surface area (Å²) in [6.45, 7) is 0.431. The molecule has 1 amide bonds. The van der Waals surface area contributed by atoms with E-state index in [1.807, 2.05) is 60.7 Å². The van der Waals surface area contributed by atoms with Crippen LogP contribution in [0.5, 0.6) is 0 Å². The lowest BCUT2D eigenvalue weighted by atomic mass is 9.82. The Hall–Kier alpha value is -3.47. The summed E-state index contributed by atoms with van der Waals surface area (Å²) in [6, 6.07) is 34.7. The quantitative estimate of drug-likeness (QED) is 0.385. The maximum absolute atomic E-state index is 13.6. The van der Waals surface area contributed by atoms with Gasteiger partial charge < -0.3 is 15.7 Å². The van der Waals surface area contributed by atoms with Gasteiger partial charge in [-0.2, -0.15) is 0 Å². The molecular weight excluding hydrogens is 420 g/mol. The third-order valence-corrected chi connectivity index (χ3v) is 6.99. The molecule has 1 fully saturated rings. The summed E-state index contributed by atoms with van der Waals surface area (Å²) in [5.41, 5.74) is 3.33. The summed E-state index contributed by atoms with van der Waals surface area (Å²) < 4.78 is 0. The maximum Gasteiger partial charge on any atom is 0.225 e. The Balaban J connectivity index is 1.45. The Morgan fingerprint density at radius 1 is 0.794 bits per heavy atom. The van der Waals surface area contributed by atoms with E-state index in [0.717, 1.165) is 22.9 Å². The number of carbonyl (C=O) groups is 1. The summed E-state index contributed by atoms with van der Waals surface area (Å²) in [6.07, 6.45) is 0.763. The monoisotopic (exact) mass is 450 g/mol. The van der Waals surface area contributed by atoms with Crippen molar-refractivity contribution in [1.82, 2.24) is 10.6 Å². The molecule has 4 nitrogen and oxygen atoms in total. The fraction of sp³-hybridized carbons (Fsp3) is 0.233. The van der Waals surface area contributed by atoms with Crippen LogP contribution in [0.25, 0.3) is 10.8 Å². The van der Waals surface area contributed by atoms with Crippen LogP contribution in [-0.4, -0.2) is 23.7 Å². The summed E-state index contributed by atoms with van der Waals surface area (Å²) in [5.74, 6) is -0.583. The molecule has 0 radical (unpaired) electrons. The minimum Gasteiger partial charge on any atom is -0.396 e. The van der Waals surface area contributed by atoms with Gasteiger partial charge in [0.1, 0.15) is 0 Å². The molecule has 4 atom stereocenters. The van der Waals surface area contributed by atoms with E-state index in [4.69, 9.17) is 0 Å². The number of amides is 1. The number of aliphatic hydroxyl groups is 1. The Bertz CT molecular complexity index is 1240. The van der Waals surface area contributed by atoms with Gasteiger partial charge in [-0.25, -0.2) is 0 Å². The first kappa shape index (κ1) is 22.3. The number of rotatable bonds is 7. The number of hydrogen-bond acceptors (Lipinski definition) is 3. The third-order valence-electron chi connectivity index (χ3n) is 6.99. The van der Waals surface area contributed by atoms with Crippen LogP contribution in [0.3, 0.4) is 0 Å². The number of benzene rings is 4. The molecule has 4 aromatic carbocycles. The minimum absolute atomic E-state index is 0.00338. The highest BCUT2D eigenvalue weighted by Gasteiger charge is 2.46. The van der Waals surface area contributed by atoms with Gasteiger partial charge in [0.2, 0.25) is 5.91 Å². The number of nitrogens with one attached hydrogen (secondary N) is 2. The van der Waals surface area contributed by atoms with Crippen molar-refractivity contribution >= 4 is 16.7 Å². The smallest absolute Gasteiger partial charge is 0.225 e.